The minimum Gasteiger partial charge on any atom is -0.366 e. The van der Waals surface area contributed by atoms with E-state index in [-0.39, 0.29) is 45.4 Å². The zero-order chi connectivity index (χ0) is 27.5. The molecule has 0 fully saturated rings. The molecule has 0 aliphatic heterocycles. The maximum absolute atomic E-state index is 15.3. The first-order valence-electron chi connectivity index (χ1n) is 11.1. The lowest BCUT2D eigenvalue weighted by atomic mass is 9.95. The molecule has 3 heterocycles. The zero-order valence-electron chi connectivity index (χ0n) is 20.1. The number of nitrogen functional groups attached to an aromatic ring is 1. The second-order valence-corrected chi connectivity index (χ2v) is 8.47. The molecule has 0 aliphatic carbocycles. The summed E-state index contributed by atoms with van der Waals surface area (Å²) in [6, 6.07) is 8.64. The number of aromatic nitrogens is 6. The second kappa shape index (κ2) is 8.70. The number of nitrogens with zero attached hydrogens (tertiary/aromatic N) is 7. The van der Waals surface area contributed by atoms with Crippen molar-refractivity contribution in [3.63, 3.8) is 0 Å². The van der Waals surface area contributed by atoms with Crippen molar-refractivity contribution in [3.05, 3.63) is 81.2 Å². The molecule has 0 atom stereocenters. The molecule has 0 unspecified atom stereocenters. The first kappa shape index (κ1) is 24.4. The van der Waals surface area contributed by atoms with Gasteiger partial charge >= 0.3 is 5.69 Å². The van der Waals surface area contributed by atoms with Gasteiger partial charge in [-0.3, -0.25) is 4.79 Å². The van der Waals surface area contributed by atoms with E-state index in [2.05, 4.69) is 15.2 Å². The topological polar surface area (TPSA) is 137 Å². The first-order chi connectivity index (χ1) is 18.0. The maximum atomic E-state index is 15.3. The van der Waals surface area contributed by atoms with Crippen LogP contribution in [0.25, 0.3) is 33.8 Å². The van der Waals surface area contributed by atoms with Crippen molar-refractivity contribution in [2.75, 3.05) is 5.73 Å². The number of nitriles is 1. The Morgan fingerprint density at radius 2 is 1.71 bits per heavy atom. The van der Waals surface area contributed by atoms with Crippen LogP contribution in [-0.4, -0.2) is 34.9 Å². The molecule has 5 aromatic rings. The number of pyridine rings is 1. The summed E-state index contributed by atoms with van der Waals surface area (Å²) >= 11 is 0. The van der Waals surface area contributed by atoms with Gasteiger partial charge in [-0.25, -0.2) is 27.0 Å². The summed E-state index contributed by atoms with van der Waals surface area (Å²) in [4.78, 5) is 29.6. The average Bonchev–Trinajstić information content (AvgIpc) is 3.43. The third-order valence-corrected chi connectivity index (χ3v) is 6.12. The van der Waals surface area contributed by atoms with Crippen molar-refractivity contribution in [1.29, 1.82) is 5.26 Å². The molecule has 0 saturated heterocycles. The highest BCUT2D eigenvalue weighted by Gasteiger charge is 2.27. The summed E-state index contributed by atoms with van der Waals surface area (Å²) in [6.45, 7) is 3.80. The Morgan fingerprint density at radius 3 is 2.34 bits per heavy atom. The smallest absolute Gasteiger partial charge is 0.358 e. The fourth-order valence-electron chi connectivity index (χ4n) is 4.25. The van der Waals surface area contributed by atoms with Gasteiger partial charge < -0.3 is 5.73 Å². The van der Waals surface area contributed by atoms with Crippen LogP contribution in [-0.2, 0) is 0 Å². The number of nitrogens with two attached hydrogens (primary N) is 1. The van der Waals surface area contributed by atoms with E-state index >= 15 is 4.39 Å². The number of anilines is 1. The van der Waals surface area contributed by atoms with Crippen LogP contribution in [0.2, 0.25) is 0 Å². The normalized spacial score (nSPS) is 11.2. The quantitative estimate of drug-likeness (QED) is 0.361. The second-order valence-electron chi connectivity index (χ2n) is 8.47. The molecular formula is C25H17F3N8O2. The lowest BCUT2D eigenvalue weighted by molar-refractivity contribution is 0.0916. The van der Waals surface area contributed by atoms with Crippen LogP contribution in [0.15, 0.2) is 41.3 Å². The Morgan fingerprint density at radius 1 is 1.03 bits per heavy atom. The lowest BCUT2D eigenvalue weighted by Gasteiger charge is -2.15. The predicted octanol–water partition coefficient (Wildman–Crippen LogP) is 3.56. The van der Waals surface area contributed by atoms with Crippen LogP contribution in [0.3, 0.4) is 0 Å². The van der Waals surface area contributed by atoms with Gasteiger partial charge in [0.1, 0.15) is 5.82 Å². The molecule has 190 valence electrons. The fraction of sp³-hybridized carbons (Fsp3) is 0.120. The molecule has 0 radical (unpaired) electrons. The highest BCUT2D eigenvalue weighted by atomic mass is 19.2. The van der Waals surface area contributed by atoms with Crippen LogP contribution in [0, 0.1) is 42.6 Å². The molecular weight excluding hydrogens is 501 g/mol. The molecule has 3 aromatic heterocycles. The highest BCUT2D eigenvalue weighted by molar-refractivity contribution is 5.87. The Labute approximate surface area is 212 Å². The standard InChI is InChI=1S/C25H17F3N8O2/c1-11-17(22-32-36(13(3)37)25(38)35(22)15-6-4-14(9-29)5-7-15)10-34-23(31-24(30)33-34)19(11)16-8-18(26)21(28)12(2)20(16)27/h4-8,10H,1-3H3,(H2,30,33). The van der Waals surface area contributed by atoms with Crippen LogP contribution in [0.5, 0.6) is 0 Å². The molecule has 38 heavy (non-hydrogen) atoms. The number of fused-ring (bicyclic) bond motifs is 1. The highest BCUT2D eigenvalue weighted by Crippen LogP contribution is 2.37. The number of halogens is 3. The average molecular weight is 518 g/mol. The number of hydrogen-bond donors (Lipinski definition) is 1. The molecule has 5 rings (SSSR count). The van der Waals surface area contributed by atoms with E-state index < -0.39 is 34.6 Å². The Balaban J connectivity index is 1.90. The number of carbonyl (C=O) groups is 1. The fourth-order valence-corrected chi connectivity index (χ4v) is 4.25. The van der Waals surface area contributed by atoms with Crippen LogP contribution >= 0.6 is 0 Å². The van der Waals surface area contributed by atoms with Crippen LogP contribution in [0.1, 0.15) is 28.4 Å². The lowest BCUT2D eigenvalue weighted by Crippen LogP contribution is -2.27. The molecule has 0 saturated carbocycles. The summed E-state index contributed by atoms with van der Waals surface area (Å²) < 4.78 is 46.8. The van der Waals surface area contributed by atoms with Crippen LogP contribution in [0.4, 0.5) is 19.1 Å². The van der Waals surface area contributed by atoms with E-state index in [9.17, 15) is 18.4 Å². The zero-order valence-corrected chi connectivity index (χ0v) is 20.1. The number of rotatable bonds is 3. The largest absolute Gasteiger partial charge is 0.366 e. The van der Waals surface area contributed by atoms with Gasteiger partial charge in [0.2, 0.25) is 11.9 Å². The van der Waals surface area contributed by atoms with Crippen molar-refractivity contribution in [2.24, 2.45) is 0 Å². The molecule has 0 aliphatic rings. The van der Waals surface area contributed by atoms with Gasteiger partial charge in [0, 0.05) is 35.4 Å². The van der Waals surface area contributed by atoms with E-state index in [1.807, 2.05) is 6.07 Å². The molecule has 13 heteroatoms. The van der Waals surface area contributed by atoms with E-state index in [0.29, 0.717) is 16.3 Å². The maximum Gasteiger partial charge on any atom is 0.358 e. The monoisotopic (exact) mass is 518 g/mol. The molecule has 0 spiro atoms. The van der Waals surface area contributed by atoms with Gasteiger partial charge in [-0.2, -0.15) is 10.2 Å². The van der Waals surface area contributed by atoms with Gasteiger partial charge in [-0.1, -0.05) is 0 Å². The van der Waals surface area contributed by atoms with Gasteiger partial charge in [-0.15, -0.1) is 14.9 Å². The minimum atomic E-state index is -1.33. The Kier molecular flexibility index (Phi) is 5.60. The Hall–Kier alpha value is -5.25. The van der Waals surface area contributed by atoms with E-state index in [1.54, 1.807) is 6.92 Å². The number of carbonyl (C=O) groups excluding carboxylic acids is 1. The summed E-state index contributed by atoms with van der Waals surface area (Å²) in [6.07, 6.45) is 1.43. The van der Waals surface area contributed by atoms with Crippen molar-refractivity contribution >= 4 is 17.5 Å². The van der Waals surface area contributed by atoms with E-state index in [1.165, 1.54) is 35.0 Å². The molecule has 0 amide bonds. The van der Waals surface area contributed by atoms with E-state index in [4.69, 9.17) is 11.0 Å². The van der Waals surface area contributed by atoms with Crippen molar-refractivity contribution in [2.45, 2.75) is 20.8 Å². The van der Waals surface area contributed by atoms with Crippen molar-refractivity contribution in [3.8, 4) is 34.3 Å². The summed E-state index contributed by atoms with van der Waals surface area (Å²) in [5.41, 5.74) is 5.31. The predicted molar refractivity (Wildman–Crippen MR) is 130 cm³/mol. The number of hydrogen-bond acceptors (Lipinski definition) is 7. The van der Waals surface area contributed by atoms with Crippen LogP contribution < -0.4 is 11.4 Å². The summed E-state index contributed by atoms with van der Waals surface area (Å²) in [7, 11) is 0. The molecule has 2 aromatic carbocycles. The minimum absolute atomic E-state index is 0.0300. The molecule has 10 nitrogen and oxygen atoms in total. The SMILES string of the molecule is CC(=O)n1nc(-c2cn3nc(N)nc3c(-c3cc(F)c(F)c(C)c3F)c2C)n(-c2ccc(C#N)cc2)c1=O. The molecule has 0 bridgehead atoms. The third kappa shape index (κ3) is 3.62. The number of benzene rings is 2. The molecule has 2 N–H and O–H groups in total. The van der Waals surface area contributed by atoms with Gasteiger partial charge in [-0.05, 0) is 49.7 Å². The summed E-state index contributed by atoms with van der Waals surface area (Å²) in [5.74, 6) is -4.51. The first-order valence-corrected chi connectivity index (χ1v) is 11.1. The van der Waals surface area contributed by atoms with Crippen molar-refractivity contribution < 1.29 is 18.0 Å². The Bertz CT molecular complexity index is 1900. The van der Waals surface area contributed by atoms with E-state index in [0.717, 1.165) is 18.4 Å². The summed E-state index contributed by atoms with van der Waals surface area (Å²) in [5, 5.41) is 17.4. The van der Waals surface area contributed by atoms with Gasteiger partial charge in [0.05, 0.1) is 17.3 Å². The van der Waals surface area contributed by atoms with Gasteiger partial charge in [0.25, 0.3) is 0 Å². The third-order valence-electron chi connectivity index (χ3n) is 6.12. The van der Waals surface area contributed by atoms with Gasteiger partial charge in [0.15, 0.2) is 23.1 Å². The van der Waals surface area contributed by atoms with Crippen molar-refractivity contribution in [1.82, 2.24) is 28.9 Å².